The number of fused-ring (bicyclic) bond motifs is 6. The molecule has 18 rings (SSSR count). The van der Waals surface area contributed by atoms with E-state index in [4.69, 9.17) is 25.4 Å². The zero-order chi connectivity index (χ0) is 89.2. The molecule has 7 heterocycles. The standard InChI is InChI=1S/C17H14N.4C15H10N.C13H8NS.4C5H8O2.6Ir/c1-12-9-13(2)11-15(10-12)17-8-7-14-5-3-4-6-16(14)18-17;2*1-2-7-13(8-3-1)15-14-9-5-4-6-12(14)10-11-16-15;2*1-2-6-12(7-3-1)15-11-10-13-8-4-5-9-14(13)16-15;1-2-7-12-10(5-1)9-13(15-12)11-6-3-4-8-14-11;4*1-4(6)3-5(2)7;;;;;;/h3-10H,1-2H3;2*1-7,9-11H;2*1-6,8-11H;1-8H;4*3,6H,1-2H3;;;;;;/q6*-1;;;;;;;;;;. The van der Waals surface area contributed by atoms with Gasteiger partial charge in [0.1, 0.15) is 0 Å². The van der Waals surface area contributed by atoms with Gasteiger partial charge in [0.05, 0.1) is 39.6 Å². The van der Waals surface area contributed by atoms with Crippen molar-refractivity contribution in [1.82, 2.24) is 29.9 Å². The fraction of sp³-hybridized carbons (Fsp3) is 0.0909. The number of aryl methyl sites for hydroxylation is 2. The van der Waals surface area contributed by atoms with E-state index in [-0.39, 0.29) is 167 Å². The third-order valence-electron chi connectivity index (χ3n) is 17.4. The fourth-order valence-corrected chi connectivity index (χ4v) is 13.2. The monoisotopic (exact) mass is 2820 g/mol. The van der Waals surface area contributed by atoms with Gasteiger partial charge in [0.2, 0.25) is 0 Å². The van der Waals surface area contributed by atoms with Crippen LogP contribution >= 0.6 is 11.3 Å². The Hall–Kier alpha value is -11.7. The van der Waals surface area contributed by atoms with Crippen molar-refractivity contribution in [2.24, 2.45) is 0 Å². The number of carbonyl (C=O) groups is 4. The Morgan fingerprint density at radius 3 is 0.954 bits per heavy atom. The number of hydrogen-bond acceptors (Lipinski definition) is 15. The molecule has 14 nitrogen and oxygen atoms in total. The number of aliphatic hydroxyl groups excluding tert-OH is 4. The smallest absolute Gasteiger partial charge is 0.155 e. The van der Waals surface area contributed by atoms with E-state index in [1.165, 1.54) is 133 Å². The number of hydrogen-bond donors (Lipinski definition) is 4. The summed E-state index contributed by atoms with van der Waals surface area (Å²) < 4.78 is 1.26. The van der Waals surface area contributed by atoms with Gasteiger partial charge in [0.25, 0.3) is 0 Å². The molecule has 7 aromatic heterocycles. The molecule has 4 N–H and O–H groups in total. The van der Waals surface area contributed by atoms with Gasteiger partial charge in [-0.1, -0.05) is 178 Å². The van der Waals surface area contributed by atoms with Crippen LogP contribution in [-0.4, -0.2) is 73.5 Å². The first-order chi connectivity index (χ1) is 60.4. The topological polar surface area (TPSA) is 227 Å². The van der Waals surface area contributed by atoms with Gasteiger partial charge in [0.15, 0.2) is 23.1 Å². The van der Waals surface area contributed by atoms with E-state index < -0.39 is 0 Å². The third-order valence-corrected chi connectivity index (χ3v) is 18.4. The number of benzene rings is 11. The Kier molecular flexibility index (Phi) is 52.9. The summed E-state index contributed by atoms with van der Waals surface area (Å²) >= 11 is 1.73. The van der Waals surface area contributed by atoms with Crippen molar-refractivity contribution >= 4 is 98.8 Å². The summed E-state index contributed by atoms with van der Waals surface area (Å²) in [5, 5.41) is 42.9. The average molecular weight is 2810 g/mol. The molecule has 0 saturated heterocycles. The number of para-hydroxylation sites is 3. The van der Waals surface area contributed by atoms with E-state index in [2.05, 4.69) is 172 Å². The first-order valence-electron chi connectivity index (χ1n) is 39.9. The van der Waals surface area contributed by atoms with Crippen LogP contribution in [0.4, 0.5) is 0 Å². The molecular formula is C110H94Ir6N6O8S-6. The molecule has 21 heteroatoms. The summed E-state index contributed by atoms with van der Waals surface area (Å²) in [6.45, 7) is 15.6. The summed E-state index contributed by atoms with van der Waals surface area (Å²) in [5.74, 6) is -0.250. The van der Waals surface area contributed by atoms with Crippen molar-refractivity contribution in [2.75, 3.05) is 0 Å². The van der Waals surface area contributed by atoms with Gasteiger partial charge in [-0.15, -0.1) is 202 Å². The Labute approximate surface area is 851 Å². The molecule has 131 heavy (non-hydrogen) atoms. The first-order valence-corrected chi connectivity index (χ1v) is 40.7. The fourth-order valence-electron chi connectivity index (χ4n) is 12.2. The molecule has 0 saturated carbocycles. The van der Waals surface area contributed by atoms with Crippen molar-refractivity contribution in [1.29, 1.82) is 0 Å². The Morgan fingerprint density at radius 2 is 0.626 bits per heavy atom. The minimum absolute atomic E-state index is 0. The van der Waals surface area contributed by atoms with E-state index in [1.807, 2.05) is 243 Å². The van der Waals surface area contributed by atoms with Gasteiger partial charge in [-0.3, -0.25) is 34.1 Å². The molecule has 6 radical (unpaired) electrons. The first kappa shape index (κ1) is 113. The maximum Gasteiger partial charge on any atom is 0.155 e. The van der Waals surface area contributed by atoms with E-state index in [0.717, 1.165) is 89.0 Å². The molecule has 0 bridgehead atoms. The van der Waals surface area contributed by atoms with Crippen molar-refractivity contribution < 1.29 is 160 Å². The van der Waals surface area contributed by atoms with Crippen LogP contribution in [0, 0.1) is 50.2 Å². The van der Waals surface area contributed by atoms with Gasteiger partial charge in [-0.25, -0.2) is 11.3 Å². The summed E-state index contributed by atoms with van der Waals surface area (Å²) in [6, 6.07) is 127. The largest absolute Gasteiger partial charge is 0.512 e. The summed E-state index contributed by atoms with van der Waals surface area (Å²) in [7, 11) is 0. The minimum atomic E-state index is -0.125. The molecule has 0 aliphatic heterocycles. The molecule has 678 valence electrons. The van der Waals surface area contributed by atoms with E-state index in [9.17, 15) is 19.2 Å². The van der Waals surface area contributed by atoms with Crippen molar-refractivity contribution in [3.8, 4) is 66.9 Å². The maximum atomic E-state index is 10.0. The minimum Gasteiger partial charge on any atom is -0.512 e. The predicted molar refractivity (Wildman–Crippen MR) is 512 cm³/mol. The van der Waals surface area contributed by atoms with Crippen LogP contribution in [0.25, 0.3) is 131 Å². The molecular weight excluding hydrogens is 2720 g/mol. The summed E-state index contributed by atoms with van der Waals surface area (Å²) in [4.78, 5) is 68.3. The molecule has 0 spiro atoms. The summed E-state index contributed by atoms with van der Waals surface area (Å²) in [6.07, 6.45) is 10.2. The second kappa shape index (κ2) is 61.1. The zero-order valence-corrected chi connectivity index (χ0v) is 88.3. The van der Waals surface area contributed by atoms with Crippen molar-refractivity contribution in [3.63, 3.8) is 0 Å². The molecule has 0 unspecified atom stereocenters. The molecule has 11 aromatic carbocycles. The van der Waals surface area contributed by atoms with Crippen LogP contribution in [0.2, 0.25) is 0 Å². The number of rotatable bonds is 10. The van der Waals surface area contributed by atoms with Crippen LogP contribution in [0.3, 0.4) is 0 Å². The molecule has 0 atom stereocenters. The molecule has 0 amide bonds. The Balaban J connectivity index is 0.000000380. The summed E-state index contributed by atoms with van der Waals surface area (Å²) in [5.41, 5.74) is 16.6. The van der Waals surface area contributed by atoms with Crippen LogP contribution < -0.4 is 0 Å². The predicted octanol–water partition coefficient (Wildman–Crippen LogP) is 27.0. The quantitative estimate of drug-likeness (QED) is 0.0568. The Morgan fingerprint density at radius 1 is 0.298 bits per heavy atom. The molecule has 0 fully saturated rings. The SMILES string of the molecule is CC(=O)C=C(C)O.CC(=O)C=C(C)O.CC(=O)C=C(C)O.CC(=O)C=C(C)O.Cc1[c-]c(-c2ccc3ccccc3n2)cc(C)c1.[Ir].[Ir].[Ir].[Ir].[Ir].[Ir].[c-]1c(-c2ccccn2)sc2ccccc12.[c-]1ccccc1-c1ccc2ccccc2n1.[c-]1ccccc1-c1ccc2ccccc2n1.[c-]1ccccc1-c1nccc2ccccc12.[c-]1ccccc1-c1nccc2ccccc12. The van der Waals surface area contributed by atoms with Crippen LogP contribution in [0.15, 0.2) is 387 Å². The van der Waals surface area contributed by atoms with E-state index in [1.54, 1.807) is 11.3 Å². The van der Waals surface area contributed by atoms with Gasteiger partial charge in [-0.05, 0) is 168 Å². The number of ketones is 4. The van der Waals surface area contributed by atoms with Crippen LogP contribution in [-0.2, 0) is 140 Å². The van der Waals surface area contributed by atoms with E-state index in [0.29, 0.717) is 0 Å². The molecule has 0 aliphatic rings. The zero-order valence-electron chi connectivity index (χ0n) is 73.2. The number of pyridine rings is 6. The average Bonchev–Trinajstić information content (AvgIpc) is 0.965. The molecule has 0 aliphatic carbocycles. The number of aliphatic hydroxyl groups is 4. The number of carbonyl (C=O) groups excluding carboxylic acids is 4. The normalized spacial score (nSPS) is 10.3. The van der Waals surface area contributed by atoms with Crippen LogP contribution in [0.1, 0.15) is 66.5 Å². The van der Waals surface area contributed by atoms with Gasteiger partial charge >= 0.3 is 0 Å². The van der Waals surface area contributed by atoms with Gasteiger partial charge < -0.3 is 35.4 Å². The van der Waals surface area contributed by atoms with Crippen molar-refractivity contribution in [3.05, 3.63) is 435 Å². The Bertz CT molecular complexity index is 6280. The van der Waals surface area contributed by atoms with Gasteiger partial charge in [-0.2, -0.15) is 0 Å². The third kappa shape index (κ3) is 39.5. The van der Waals surface area contributed by atoms with Gasteiger partial charge in [0, 0.05) is 169 Å². The maximum absolute atomic E-state index is 10.0. The number of aromatic nitrogens is 6. The van der Waals surface area contributed by atoms with Crippen LogP contribution in [0.5, 0.6) is 0 Å². The number of nitrogens with zero attached hydrogens (tertiary/aromatic N) is 6. The molecule has 18 aromatic rings. The second-order valence-corrected chi connectivity index (χ2v) is 29.2. The van der Waals surface area contributed by atoms with E-state index >= 15 is 0 Å². The van der Waals surface area contributed by atoms with Crippen molar-refractivity contribution in [2.45, 2.75) is 69.2 Å². The number of allylic oxidation sites excluding steroid dienone is 8. The number of thiophene rings is 1. The second-order valence-electron chi connectivity index (χ2n) is 28.1.